The van der Waals surface area contributed by atoms with Gasteiger partial charge in [0.1, 0.15) is 5.75 Å². The van der Waals surface area contributed by atoms with Crippen molar-refractivity contribution < 1.29 is 14.7 Å². The molecular formula is C14H20N2O3. The maximum absolute atomic E-state index is 11.9. The van der Waals surface area contributed by atoms with Crippen LogP contribution in [0.1, 0.15) is 26.3 Å². The quantitative estimate of drug-likeness (QED) is 0.631. The zero-order chi connectivity index (χ0) is 14.3. The first-order valence-electron chi connectivity index (χ1n) is 6.36. The number of carbonyl (C=O) groups excluding carboxylic acids is 1. The van der Waals surface area contributed by atoms with E-state index in [0.29, 0.717) is 18.7 Å². The average Bonchev–Trinajstić information content (AvgIpc) is 2.42. The van der Waals surface area contributed by atoms with Crippen molar-refractivity contribution in [2.75, 3.05) is 13.1 Å². The molecule has 1 N–H and O–H groups in total. The molecule has 0 aliphatic heterocycles. The second-order valence-electron chi connectivity index (χ2n) is 4.05. The van der Waals surface area contributed by atoms with E-state index in [2.05, 4.69) is 5.16 Å². The molecule has 1 unspecified atom stereocenters. The maximum Gasteiger partial charge on any atom is 0.266 e. The van der Waals surface area contributed by atoms with Crippen LogP contribution in [0.15, 0.2) is 29.4 Å². The van der Waals surface area contributed by atoms with Crippen molar-refractivity contribution in [2.45, 2.75) is 26.9 Å². The molecule has 0 bridgehead atoms. The lowest BCUT2D eigenvalue weighted by atomic mass is 10.2. The zero-order valence-corrected chi connectivity index (χ0v) is 11.5. The number of amides is 1. The number of benzene rings is 1. The molecular weight excluding hydrogens is 244 g/mol. The van der Waals surface area contributed by atoms with Crippen LogP contribution in [0.2, 0.25) is 0 Å². The first-order valence-corrected chi connectivity index (χ1v) is 6.36. The Morgan fingerprint density at radius 2 is 2.05 bits per heavy atom. The minimum Gasteiger partial charge on any atom is -0.507 e. The van der Waals surface area contributed by atoms with Gasteiger partial charge in [0.15, 0.2) is 0 Å². The molecule has 1 rings (SSSR count). The number of hydrogen-bond donors (Lipinski definition) is 1. The monoisotopic (exact) mass is 264 g/mol. The Morgan fingerprint density at radius 3 is 2.63 bits per heavy atom. The van der Waals surface area contributed by atoms with Crippen molar-refractivity contribution >= 4 is 12.1 Å². The van der Waals surface area contributed by atoms with Gasteiger partial charge in [-0.1, -0.05) is 17.3 Å². The van der Waals surface area contributed by atoms with Gasteiger partial charge in [-0.25, -0.2) is 0 Å². The maximum atomic E-state index is 11.9. The fraction of sp³-hybridized carbons (Fsp3) is 0.429. The second-order valence-corrected chi connectivity index (χ2v) is 4.05. The minimum absolute atomic E-state index is 0.0977. The van der Waals surface area contributed by atoms with Gasteiger partial charge in [0.05, 0.1) is 6.21 Å². The third-order valence-electron chi connectivity index (χ3n) is 2.77. The van der Waals surface area contributed by atoms with Gasteiger partial charge in [0.25, 0.3) is 5.91 Å². The van der Waals surface area contributed by atoms with Crippen LogP contribution in [0.25, 0.3) is 0 Å². The minimum atomic E-state index is -0.637. The molecule has 1 amide bonds. The van der Waals surface area contributed by atoms with Crippen molar-refractivity contribution in [3.8, 4) is 5.75 Å². The summed E-state index contributed by atoms with van der Waals surface area (Å²) in [6.45, 7) is 6.78. The molecule has 5 heteroatoms. The van der Waals surface area contributed by atoms with Gasteiger partial charge >= 0.3 is 0 Å². The number of phenolic OH excluding ortho intramolecular Hbond substituents is 1. The highest BCUT2D eigenvalue weighted by Gasteiger charge is 2.19. The lowest BCUT2D eigenvalue weighted by Gasteiger charge is -2.21. The molecule has 1 aromatic rings. The second kappa shape index (κ2) is 7.41. The van der Waals surface area contributed by atoms with E-state index < -0.39 is 6.10 Å². The van der Waals surface area contributed by atoms with Gasteiger partial charge in [-0.3, -0.25) is 4.79 Å². The summed E-state index contributed by atoms with van der Waals surface area (Å²) in [4.78, 5) is 18.7. The van der Waals surface area contributed by atoms with Crippen molar-refractivity contribution in [3.63, 3.8) is 0 Å². The molecule has 0 saturated heterocycles. The van der Waals surface area contributed by atoms with Crippen LogP contribution in [0, 0.1) is 0 Å². The lowest BCUT2D eigenvalue weighted by Crippen LogP contribution is -2.38. The number of aromatic hydroxyl groups is 1. The number of hydrogen-bond acceptors (Lipinski definition) is 4. The number of carbonyl (C=O) groups is 1. The van der Waals surface area contributed by atoms with E-state index in [9.17, 15) is 9.90 Å². The van der Waals surface area contributed by atoms with Gasteiger partial charge < -0.3 is 14.8 Å². The summed E-state index contributed by atoms with van der Waals surface area (Å²) >= 11 is 0. The molecule has 0 heterocycles. The Bertz CT molecular complexity index is 442. The van der Waals surface area contributed by atoms with Gasteiger partial charge in [-0.2, -0.15) is 0 Å². The number of nitrogens with zero attached hydrogens (tertiary/aromatic N) is 2. The summed E-state index contributed by atoms with van der Waals surface area (Å²) in [5.74, 6) is 0.0250. The summed E-state index contributed by atoms with van der Waals surface area (Å²) in [6.07, 6.45) is 0.753. The van der Waals surface area contributed by atoms with Gasteiger partial charge in [-0.15, -0.1) is 0 Å². The fourth-order valence-electron chi connectivity index (χ4n) is 1.61. The fourth-order valence-corrected chi connectivity index (χ4v) is 1.61. The molecule has 0 aromatic heterocycles. The molecule has 1 aromatic carbocycles. The standard InChI is InChI=1S/C14H20N2O3/c1-4-16(5-2)14(18)11(3)19-15-10-12-8-6-7-9-13(12)17/h6-11,17H,4-5H2,1-3H3/b15-10-. The highest BCUT2D eigenvalue weighted by Crippen LogP contribution is 2.12. The smallest absolute Gasteiger partial charge is 0.266 e. The largest absolute Gasteiger partial charge is 0.507 e. The summed E-state index contributed by atoms with van der Waals surface area (Å²) in [7, 11) is 0. The number of oxime groups is 1. The molecule has 104 valence electrons. The molecule has 1 atom stereocenters. The van der Waals surface area contributed by atoms with Crippen LogP contribution in [-0.4, -0.2) is 41.3 Å². The van der Waals surface area contributed by atoms with Crippen LogP contribution < -0.4 is 0 Å². The van der Waals surface area contributed by atoms with E-state index in [1.165, 1.54) is 6.21 Å². The molecule has 0 aliphatic rings. The Morgan fingerprint density at radius 1 is 1.42 bits per heavy atom. The van der Waals surface area contributed by atoms with Crippen LogP contribution in [-0.2, 0) is 9.63 Å². The Hall–Kier alpha value is -2.04. The number of phenols is 1. The predicted octanol–water partition coefficient (Wildman–Crippen LogP) is 2.00. The van der Waals surface area contributed by atoms with E-state index in [-0.39, 0.29) is 11.7 Å². The van der Waals surface area contributed by atoms with Crippen molar-refractivity contribution in [2.24, 2.45) is 5.16 Å². The SMILES string of the molecule is CCN(CC)C(=O)C(C)O/N=C\c1ccccc1O. The molecule has 19 heavy (non-hydrogen) atoms. The molecule has 0 aliphatic carbocycles. The zero-order valence-electron chi connectivity index (χ0n) is 11.5. The van der Waals surface area contributed by atoms with E-state index in [4.69, 9.17) is 4.84 Å². The summed E-state index contributed by atoms with van der Waals surface area (Å²) in [5, 5.41) is 13.3. The Balaban J connectivity index is 2.57. The van der Waals surface area contributed by atoms with Crippen LogP contribution >= 0.6 is 0 Å². The number of rotatable bonds is 6. The third-order valence-corrected chi connectivity index (χ3v) is 2.77. The lowest BCUT2D eigenvalue weighted by molar-refractivity contribution is -0.142. The van der Waals surface area contributed by atoms with Crippen molar-refractivity contribution in [1.29, 1.82) is 0 Å². The Labute approximate surface area is 113 Å². The molecule has 0 radical (unpaired) electrons. The molecule has 5 nitrogen and oxygen atoms in total. The highest BCUT2D eigenvalue weighted by atomic mass is 16.6. The van der Waals surface area contributed by atoms with Crippen LogP contribution in [0.4, 0.5) is 0 Å². The molecule has 0 fully saturated rings. The van der Waals surface area contributed by atoms with E-state index in [1.807, 2.05) is 13.8 Å². The average molecular weight is 264 g/mol. The summed E-state index contributed by atoms with van der Waals surface area (Å²) in [6, 6.07) is 6.77. The first kappa shape index (κ1) is 15.0. The first-order chi connectivity index (χ1) is 9.10. The van der Waals surface area contributed by atoms with Crippen LogP contribution in [0.5, 0.6) is 5.75 Å². The summed E-state index contributed by atoms with van der Waals surface area (Å²) < 4.78 is 0. The van der Waals surface area contributed by atoms with Gasteiger partial charge in [0, 0.05) is 18.7 Å². The summed E-state index contributed by atoms with van der Waals surface area (Å²) in [5.41, 5.74) is 0.546. The highest BCUT2D eigenvalue weighted by molar-refractivity contribution is 5.83. The third kappa shape index (κ3) is 4.28. The van der Waals surface area contributed by atoms with E-state index in [0.717, 1.165) is 0 Å². The number of likely N-dealkylation sites (N-methyl/N-ethyl adjacent to an activating group) is 1. The van der Waals surface area contributed by atoms with E-state index in [1.54, 1.807) is 36.1 Å². The predicted molar refractivity (Wildman–Crippen MR) is 74.2 cm³/mol. The molecule has 0 saturated carbocycles. The van der Waals surface area contributed by atoms with Crippen molar-refractivity contribution in [3.05, 3.63) is 29.8 Å². The van der Waals surface area contributed by atoms with Gasteiger partial charge in [0.2, 0.25) is 6.10 Å². The Kier molecular flexibility index (Phi) is 5.85. The molecule has 0 spiro atoms. The van der Waals surface area contributed by atoms with Crippen LogP contribution in [0.3, 0.4) is 0 Å². The topological polar surface area (TPSA) is 62.1 Å². The van der Waals surface area contributed by atoms with Gasteiger partial charge in [-0.05, 0) is 32.9 Å². The number of para-hydroxylation sites is 1. The van der Waals surface area contributed by atoms with Crippen molar-refractivity contribution in [1.82, 2.24) is 4.90 Å². The van der Waals surface area contributed by atoms with E-state index >= 15 is 0 Å². The normalized spacial score (nSPS) is 12.4.